The van der Waals surface area contributed by atoms with Gasteiger partial charge in [-0.1, -0.05) is 43.0 Å². The molecule has 0 aromatic heterocycles. The van der Waals surface area contributed by atoms with Crippen LogP contribution in [0.5, 0.6) is 0 Å². The Hall–Kier alpha value is -3.72. The first kappa shape index (κ1) is 17.4. The van der Waals surface area contributed by atoms with Crippen LogP contribution in [0.2, 0.25) is 0 Å². The van der Waals surface area contributed by atoms with E-state index in [-0.39, 0.29) is 0 Å². The molecule has 0 aliphatic heterocycles. The van der Waals surface area contributed by atoms with Gasteiger partial charge in [0.2, 0.25) is 0 Å². The van der Waals surface area contributed by atoms with Crippen molar-refractivity contribution in [3.05, 3.63) is 107 Å². The number of benzene rings is 3. The number of rotatable bonds is 2. The third-order valence-electron chi connectivity index (χ3n) is 6.15. The number of allylic oxidation sites excluding steroid dienone is 5. The number of hydrogen-bond acceptors (Lipinski definition) is 3. The Morgan fingerprint density at radius 3 is 1.83 bits per heavy atom. The molecule has 6 N–H and O–H groups in total. The zero-order chi connectivity index (χ0) is 20.3. The fourth-order valence-electron chi connectivity index (χ4n) is 5.14. The predicted molar refractivity (Wildman–Crippen MR) is 123 cm³/mol. The molecular weight excluding hydrogens is 354 g/mol. The molecule has 0 atom stereocenters. The molecule has 0 saturated carbocycles. The van der Waals surface area contributed by atoms with E-state index in [0.717, 1.165) is 28.2 Å². The van der Waals surface area contributed by atoms with Crippen molar-refractivity contribution < 1.29 is 0 Å². The van der Waals surface area contributed by atoms with Crippen molar-refractivity contribution in [2.24, 2.45) is 0 Å². The van der Waals surface area contributed by atoms with Crippen LogP contribution in [0, 0.1) is 0 Å². The Morgan fingerprint density at radius 1 is 0.724 bits per heavy atom. The molecular formula is C26H23N3. The first-order valence-corrected chi connectivity index (χ1v) is 9.73. The molecule has 0 fully saturated rings. The molecule has 5 rings (SSSR count). The van der Waals surface area contributed by atoms with Gasteiger partial charge in [0, 0.05) is 17.1 Å². The highest BCUT2D eigenvalue weighted by molar-refractivity contribution is 5.99. The van der Waals surface area contributed by atoms with Gasteiger partial charge < -0.3 is 17.2 Å². The largest absolute Gasteiger partial charge is 0.399 e. The summed E-state index contributed by atoms with van der Waals surface area (Å²) in [5.41, 5.74) is 29.7. The van der Waals surface area contributed by atoms with Crippen LogP contribution < -0.4 is 17.2 Å². The standard InChI is InChI=1S/C26H23N3/c1-3-5-22-18(4-2)21-12-15(27)8-11-23(21)26(22)24-13-16(28)6-9-19(24)20-10-7-17(29)14-25(20)26/h3-14H,2,27-29H2,1H3/b5-3-. The molecule has 3 aromatic rings. The normalized spacial score (nSPS) is 15.6. The van der Waals surface area contributed by atoms with Crippen molar-refractivity contribution in [1.82, 2.24) is 0 Å². The smallest absolute Gasteiger partial charge is 0.0726 e. The van der Waals surface area contributed by atoms with Crippen LogP contribution in [0.4, 0.5) is 17.1 Å². The summed E-state index contributed by atoms with van der Waals surface area (Å²) >= 11 is 0. The van der Waals surface area contributed by atoms with E-state index in [1.807, 2.05) is 37.3 Å². The molecule has 2 aliphatic rings. The lowest BCUT2D eigenvalue weighted by Crippen LogP contribution is -2.27. The third-order valence-corrected chi connectivity index (χ3v) is 6.15. The summed E-state index contributed by atoms with van der Waals surface area (Å²) < 4.78 is 0. The lowest BCUT2D eigenvalue weighted by molar-refractivity contribution is 0.787. The van der Waals surface area contributed by atoms with Gasteiger partial charge in [-0.15, -0.1) is 0 Å². The highest BCUT2D eigenvalue weighted by atomic mass is 14.6. The topological polar surface area (TPSA) is 78.1 Å². The summed E-state index contributed by atoms with van der Waals surface area (Å²) in [5, 5.41) is 0. The zero-order valence-corrected chi connectivity index (χ0v) is 16.4. The summed E-state index contributed by atoms with van der Waals surface area (Å²) in [7, 11) is 0. The van der Waals surface area contributed by atoms with Crippen LogP contribution in [0.3, 0.4) is 0 Å². The van der Waals surface area contributed by atoms with E-state index in [1.165, 1.54) is 33.4 Å². The molecule has 0 radical (unpaired) electrons. The van der Waals surface area contributed by atoms with Crippen LogP contribution in [0.1, 0.15) is 29.2 Å². The van der Waals surface area contributed by atoms with Crippen molar-refractivity contribution >= 4 is 22.6 Å². The minimum Gasteiger partial charge on any atom is -0.399 e. The van der Waals surface area contributed by atoms with Crippen LogP contribution in [-0.2, 0) is 5.41 Å². The maximum atomic E-state index is 6.28. The third kappa shape index (κ3) is 2.07. The lowest BCUT2D eigenvalue weighted by Gasteiger charge is -2.32. The minimum atomic E-state index is -0.492. The Labute approximate surface area is 170 Å². The second-order valence-corrected chi connectivity index (χ2v) is 7.70. The van der Waals surface area contributed by atoms with Crippen LogP contribution in [0.15, 0.2) is 85.0 Å². The van der Waals surface area contributed by atoms with E-state index in [1.54, 1.807) is 0 Å². The predicted octanol–water partition coefficient (Wildman–Crippen LogP) is 5.28. The van der Waals surface area contributed by atoms with Gasteiger partial charge in [-0.05, 0) is 87.8 Å². The van der Waals surface area contributed by atoms with Crippen molar-refractivity contribution in [3.63, 3.8) is 0 Å². The van der Waals surface area contributed by atoms with Gasteiger partial charge in [-0.2, -0.15) is 0 Å². The minimum absolute atomic E-state index is 0.492. The summed E-state index contributed by atoms with van der Waals surface area (Å²) in [6.45, 7) is 6.16. The molecule has 2 aliphatic carbocycles. The fourth-order valence-corrected chi connectivity index (χ4v) is 5.14. The molecule has 0 bridgehead atoms. The zero-order valence-electron chi connectivity index (χ0n) is 16.4. The summed E-state index contributed by atoms with van der Waals surface area (Å²) in [6, 6.07) is 18.5. The van der Waals surface area contributed by atoms with E-state index < -0.39 is 5.41 Å². The molecule has 0 unspecified atom stereocenters. The van der Waals surface area contributed by atoms with Gasteiger partial charge in [-0.3, -0.25) is 0 Å². The Balaban J connectivity index is 2.04. The van der Waals surface area contributed by atoms with E-state index in [2.05, 4.69) is 49.1 Å². The number of nitrogen functional groups attached to an aromatic ring is 3. The summed E-state index contributed by atoms with van der Waals surface area (Å²) in [6.07, 6.45) is 6.18. The van der Waals surface area contributed by atoms with Gasteiger partial charge in [-0.25, -0.2) is 0 Å². The van der Waals surface area contributed by atoms with Gasteiger partial charge >= 0.3 is 0 Å². The highest BCUT2D eigenvalue weighted by Crippen LogP contribution is 2.62. The molecule has 3 aromatic carbocycles. The first-order valence-electron chi connectivity index (χ1n) is 9.73. The Morgan fingerprint density at radius 2 is 1.28 bits per heavy atom. The van der Waals surface area contributed by atoms with Crippen LogP contribution >= 0.6 is 0 Å². The number of anilines is 3. The fraction of sp³-hybridized carbons (Fsp3) is 0.0769. The Bertz CT molecular complexity index is 1210. The van der Waals surface area contributed by atoms with E-state index in [4.69, 9.17) is 17.2 Å². The molecule has 0 amide bonds. The summed E-state index contributed by atoms with van der Waals surface area (Å²) in [5.74, 6) is 0. The van der Waals surface area contributed by atoms with Crippen LogP contribution in [-0.4, -0.2) is 0 Å². The van der Waals surface area contributed by atoms with Gasteiger partial charge in [0.05, 0.1) is 5.41 Å². The average molecular weight is 377 g/mol. The number of hydrogen-bond donors (Lipinski definition) is 3. The van der Waals surface area contributed by atoms with Crippen LogP contribution in [0.25, 0.3) is 16.7 Å². The highest BCUT2D eigenvalue weighted by Gasteiger charge is 2.52. The molecule has 142 valence electrons. The first-order chi connectivity index (χ1) is 14.0. The number of nitrogens with two attached hydrogens (primary N) is 3. The molecule has 3 nitrogen and oxygen atoms in total. The van der Waals surface area contributed by atoms with Crippen molar-refractivity contribution in [2.75, 3.05) is 17.2 Å². The van der Waals surface area contributed by atoms with Crippen molar-refractivity contribution in [1.29, 1.82) is 0 Å². The molecule has 0 heterocycles. The second-order valence-electron chi connectivity index (χ2n) is 7.70. The molecule has 0 saturated heterocycles. The number of fused-ring (bicyclic) bond motifs is 7. The van der Waals surface area contributed by atoms with E-state index in [0.29, 0.717) is 0 Å². The molecule has 1 spiro atoms. The quantitative estimate of drug-likeness (QED) is 0.532. The van der Waals surface area contributed by atoms with Crippen molar-refractivity contribution in [3.8, 4) is 11.1 Å². The average Bonchev–Trinajstić information content (AvgIpc) is 3.13. The summed E-state index contributed by atoms with van der Waals surface area (Å²) in [4.78, 5) is 0. The van der Waals surface area contributed by atoms with E-state index >= 15 is 0 Å². The molecule has 29 heavy (non-hydrogen) atoms. The van der Waals surface area contributed by atoms with Gasteiger partial charge in [0.15, 0.2) is 0 Å². The van der Waals surface area contributed by atoms with Gasteiger partial charge in [0.25, 0.3) is 0 Å². The maximum absolute atomic E-state index is 6.28. The van der Waals surface area contributed by atoms with Gasteiger partial charge in [0.1, 0.15) is 0 Å². The second kappa shape index (κ2) is 5.89. The van der Waals surface area contributed by atoms with E-state index in [9.17, 15) is 0 Å². The lowest BCUT2D eigenvalue weighted by atomic mass is 9.69. The Kier molecular flexibility index (Phi) is 3.53. The van der Waals surface area contributed by atoms with Crippen molar-refractivity contribution in [2.45, 2.75) is 12.3 Å². The SMILES string of the molecule is C=CC1=C(/C=C\C)C2(c3ccc(N)cc31)c1cc(N)ccc1-c1ccc(N)cc12. The molecule has 3 heteroatoms. The maximum Gasteiger partial charge on any atom is 0.0726 e. The monoisotopic (exact) mass is 377 g/mol.